The monoisotopic (exact) mass is 415 g/mol. The Balaban J connectivity index is 1.32. The number of aryl methyl sites for hydroxylation is 1. The molecule has 0 unspecified atom stereocenters. The number of thiazole rings is 1. The Morgan fingerprint density at radius 2 is 2.00 bits per heavy atom. The van der Waals surface area contributed by atoms with Gasteiger partial charge in [0.2, 0.25) is 6.79 Å². The highest BCUT2D eigenvalue weighted by atomic mass is 32.1. The van der Waals surface area contributed by atoms with Crippen LogP contribution in [0.1, 0.15) is 30.1 Å². The summed E-state index contributed by atoms with van der Waals surface area (Å²) in [7, 11) is 0. The van der Waals surface area contributed by atoms with Gasteiger partial charge in [0.1, 0.15) is 0 Å². The van der Waals surface area contributed by atoms with Crippen molar-refractivity contribution >= 4 is 17.3 Å². The normalized spacial score (nSPS) is 17.0. The van der Waals surface area contributed by atoms with E-state index in [1.807, 2.05) is 6.07 Å². The fraction of sp³-hybridized carbons (Fsp3) is 0.524. The van der Waals surface area contributed by atoms with E-state index >= 15 is 0 Å². The average molecular weight is 416 g/mol. The van der Waals surface area contributed by atoms with E-state index in [4.69, 9.17) is 14.5 Å². The van der Waals surface area contributed by atoms with E-state index in [2.05, 4.69) is 51.5 Å². The number of hydrogen-bond donors (Lipinski definition) is 1. The topological polar surface area (TPSA) is 62.2 Å². The van der Waals surface area contributed by atoms with E-state index in [1.165, 1.54) is 10.6 Å². The largest absolute Gasteiger partial charge is 0.454 e. The van der Waals surface area contributed by atoms with Crippen LogP contribution in [-0.4, -0.2) is 60.3 Å². The van der Waals surface area contributed by atoms with E-state index in [-0.39, 0.29) is 0 Å². The van der Waals surface area contributed by atoms with Gasteiger partial charge in [-0.3, -0.25) is 4.90 Å². The predicted molar refractivity (Wildman–Crippen MR) is 116 cm³/mol. The fourth-order valence-corrected chi connectivity index (χ4v) is 4.32. The molecular formula is C21H29N5O2S. The van der Waals surface area contributed by atoms with E-state index in [0.29, 0.717) is 13.3 Å². The zero-order valence-electron chi connectivity index (χ0n) is 17.2. The highest BCUT2D eigenvalue weighted by Gasteiger charge is 2.21. The van der Waals surface area contributed by atoms with Gasteiger partial charge in [0.05, 0.1) is 17.2 Å². The van der Waals surface area contributed by atoms with Crippen molar-refractivity contribution < 1.29 is 9.47 Å². The smallest absolute Gasteiger partial charge is 0.231 e. The number of aliphatic imine (C=N–C) groups is 1. The third-order valence-corrected chi connectivity index (χ3v) is 6.18. The van der Waals surface area contributed by atoms with Crippen molar-refractivity contribution in [1.82, 2.24) is 20.1 Å². The van der Waals surface area contributed by atoms with Crippen LogP contribution in [0, 0.1) is 0 Å². The second-order valence-corrected chi connectivity index (χ2v) is 8.15. The molecule has 1 N–H and O–H groups in total. The van der Waals surface area contributed by atoms with E-state index in [0.717, 1.165) is 68.8 Å². The number of fused-ring (bicyclic) bond motifs is 1. The van der Waals surface area contributed by atoms with Crippen molar-refractivity contribution in [2.45, 2.75) is 33.4 Å². The number of piperazine rings is 1. The Hall–Kier alpha value is -2.32. The molecule has 4 rings (SSSR count). The minimum atomic E-state index is 0.324. The molecule has 0 radical (unpaired) electrons. The lowest BCUT2D eigenvalue weighted by Crippen LogP contribution is -2.52. The molecule has 0 bridgehead atoms. The molecule has 0 saturated carbocycles. The molecule has 2 aromatic rings. The molecule has 7 nitrogen and oxygen atoms in total. The van der Waals surface area contributed by atoms with Crippen LogP contribution in [0.5, 0.6) is 11.5 Å². The van der Waals surface area contributed by atoms with Crippen molar-refractivity contribution in [3.8, 4) is 11.5 Å². The van der Waals surface area contributed by atoms with Crippen LogP contribution in [0.2, 0.25) is 0 Å². The number of nitrogens with one attached hydrogen (secondary N) is 1. The zero-order chi connectivity index (χ0) is 20.1. The molecule has 3 heterocycles. The summed E-state index contributed by atoms with van der Waals surface area (Å²) in [5.74, 6) is 2.69. The fourth-order valence-electron chi connectivity index (χ4n) is 3.58. The number of hydrogen-bond acceptors (Lipinski definition) is 6. The molecule has 8 heteroatoms. The van der Waals surface area contributed by atoms with Gasteiger partial charge in [0, 0.05) is 44.6 Å². The van der Waals surface area contributed by atoms with Gasteiger partial charge in [0.15, 0.2) is 17.5 Å². The van der Waals surface area contributed by atoms with Gasteiger partial charge in [-0.2, -0.15) is 0 Å². The summed E-state index contributed by atoms with van der Waals surface area (Å²) in [5, 5.41) is 6.74. The first-order valence-corrected chi connectivity index (χ1v) is 11.2. The Morgan fingerprint density at radius 1 is 1.17 bits per heavy atom. The first-order valence-electron chi connectivity index (χ1n) is 10.3. The van der Waals surface area contributed by atoms with Crippen molar-refractivity contribution in [3.05, 3.63) is 39.8 Å². The minimum absolute atomic E-state index is 0.324. The van der Waals surface area contributed by atoms with E-state index in [1.54, 1.807) is 11.3 Å². The first-order chi connectivity index (χ1) is 14.2. The predicted octanol–water partition coefficient (Wildman–Crippen LogP) is 2.72. The number of guanidine groups is 1. The van der Waals surface area contributed by atoms with Gasteiger partial charge < -0.3 is 19.7 Å². The number of benzene rings is 1. The molecule has 0 aliphatic carbocycles. The van der Waals surface area contributed by atoms with Crippen molar-refractivity contribution in [3.63, 3.8) is 0 Å². The molecule has 1 aromatic carbocycles. The van der Waals surface area contributed by atoms with E-state index < -0.39 is 0 Å². The van der Waals surface area contributed by atoms with Crippen LogP contribution in [-0.2, 0) is 19.5 Å². The van der Waals surface area contributed by atoms with Gasteiger partial charge >= 0.3 is 0 Å². The summed E-state index contributed by atoms with van der Waals surface area (Å²) in [6.45, 7) is 11.0. The van der Waals surface area contributed by atoms with Crippen molar-refractivity contribution in [2.24, 2.45) is 4.99 Å². The van der Waals surface area contributed by atoms with Crippen LogP contribution in [0.4, 0.5) is 0 Å². The average Bonchev–Trinajstić information content (AvgIpc) is 3.40. The van der Waals surface area contributed by atoms with Crippen molar-refractivity contribution in [2.75, 3.05) is 39.5 Å². The molecule has 156 valence electrons. The van der Waals surface area contributed by atoms with Crippen LogP contribution in [0.3, 0.4) is 0 Å². The van der Waals surface area contributed by atoms with E-state index in [9.17, 15) is 0 Å². The lowest BCUT2D eigenvalue weighted by atomic mass is 10.1. The molecule has 1 saturated heterocycles. The third kappa shape index (κ3) is 5.00. The molecule has 0 amide bonds. The SMILES string of the molecule is CCNC(=NCc1csc(CC)n1)N1CCN(Cc2ccc3c(c2)OCO3)CC1. The molecule has 0 atom stereocenters. The van der Waals surface area contributed by atoms with Gasteiger partial charge in [-0.1, -0.05) is 13.0 Å². The van der Waals surface area contributed by atoms with Crippen LogP contribution < -0.4 is 14.8 Å². The Kier molecular flexibility index (Phi) is 6.51. The molecule has 1 aromatic heterocycles. The van der Waals surface area contributed by atoms with Crippen LogP contribution in [0.25, 0.3) is 0 Å². The van der Waals surface area contributed by atoms with Crippen molar-refractivity contribution in [1.29, 1.82) is 0 Å². The summed E-state index contributed by atoms with van der Waals surface area (Å²) >= 11 is 1.72. The number of aromatic nitrogens is 1. The summed E-state index contributed by atoms with van der Waals surface area (Å²) in [5.41, 5.74) is 2.32. The van der Waals surface area contributed by atoms with Crippen LogP contribution in [0.15, 0.2) is 28.6 Å². The summed E-state index contributed by atoms with van der Waals surface area (Å²) in [4.78, 5) is 14.3. The molecule has 1 fully saturated rings. The highest BCUT2D eigenvalue weighted by molar-refractivity contribution is 7.09. The highest BCUT2D eigenvalue weighted by Crippen LogP contribution is 2.32. The lowest BCUT2D eigenvalue weighted by molar-refractivity contribution is 0.171. The molecule has 29 heavy (non-hydrogen) atoms. The second kappa shape index (κ2) is 9.45. The van der Waals surface area contributed by atoms with Crippen LogP contribution >= 0.6 is 11.3 Å². The van der Waals surface area contributed by atoms with Gasteiger partial charge in [0.25, 0.3) is 0 Å². The zero-order valence-corrected chi connectivity index (χ0v) is 18.0. The minimum Gasteiger partial charge on any atom is -0.454 e. The maximum absolute atomic E-state index is 5.50. The summed E-state index contributed by atoms with van der Waals surface area (Å²) in [6.07, 6.45) is 0.986. The standard InChI is InChI=1S/C21H29N5O2S/c1-3-20-24-17(14-29-20)12-23-21(22-4-2)26-9-7-25(8-10-26)13-16-5-6-18-19(11-16)28-15-27-18/h5-6,11,14H,3-4,7-10,12-13,15H2,1-2H3,(H,22,23). The molecular weight excluding hydrogens is 386 g/mol. The van der Waals surface area contributed by atoms with Gasteiger partial charge in [-0.25, -0.2) is 9.98 Å². The molecule has 0 spiro atoms. The number of rotatable bonds is 6. The quantitative estimate of drug-likeness (QED) is 0.578. The number of nitrogens with zero attached hydrogens (tertiary/aromatic N) is 4. The maximum atomic E-state index is 5.50. The summed E-state index contributed by atoms with van der Waals surface area (Å²) < 4.78 is 10.9. The Bertz CT molecular complexity index is 845. The second-order valence-electron chi connectivity index (χ2n) is 7.21. The van der Waals surface area contributed by atoms with Gasteiger partial charge in [-0.05, 0) is 31.0 Å². The first kappa shape index (κ1) is 20.0. The number of ether oxygens (including phenoxy) is 2. The summed E-state index contributed by atoms with van der Waals surface area (Å²) in [6, 6.07) is 6.23. The lowest BCUT2D eigenvalue weighted by Gasteiger charge is -2.36. The molecule has 2 aliphatic rings. The third-order valence-electron chi connectivity index (χ3n) is 5.14. The molecule has 2 aliphatic heterocycles. The Labute approximate surface area is 176 Å². The Morgan fingerprint density at radius 3 is 2.76 bits per heavy atom. The maximum Gasteiger partial charge on any atom is 0.231 e. The van der Waals surface area contributed by atoms with Gasteiger partial charge in [-0.15, -0.1) is 11.3 Å².